The molecule has 0 aliphatic heterocycles. The number of amides is 1. The quantitative estimate of drug-likeness (QED) is 0.796. The van der Waals surface area contributed by atoms with Gasteiger partial charge in [-0.05, 0) is 42.8 Å². The maximum Gasteiger partial charge on any atom is 0.335 e. The number of aryl methyl sites for hydroxylation is 1. The highest BCUT2D eigenvalue weighted by molar-refractivity contribution is 6.34. The molecule has 5 nitrogen and oxygen atoms in total. The molecule has 23 heavy (non-hydrogen) atoms. The molecule has 0 saturated heterocycles. The summed E-state index contributed by atoms with van der Waals surface area (Å²) in [6.45, 7) is 2.41. The number of hydrogen-bond acceptors (Lipinski definition) is 3. The zero-order valence-electron chi connectivity index (χ0n) is 12.5. The first-order valence-electron chi connectivity index (χ1n) is 6.98. The number of benzene rings is 2. The van der Waals surface area contributed by atoms with E-state index in [9.17, 15) is 9.59 Å². The third kappa shape index (κ3) is 4.47. The van der Waals surface area contributed by atoms with Gasteiger partial charge in [-0.1, -0.05) is 23.7 Å². The summed E-state index contributed by atoms with van der Waals surface area (Å²) in [5.41, 5.74) is 1.46. The van der Waals surface area contributed by atoms with E-state index in [2.05, 4.69) is 5.32 Å². The fourth-order valence-corrected chi connectivity index (χ4v) is 2.16. The Balaban J connectivity index is 1.82. The number of carbonyl (C=O) groups is 2. The Morgan fingerprint density at radius 3 is 2.52 bits per heavy atom. The largest absolute Gasteiger partial charge is 0.492 e. The van der Waals surface area contributed by atoms with Crippen molar-refractivity contribution in [1.29, 1.82) is 0 Å². The molecule has 0 spiro atoms. The number of ether oxygens (including phenoxy) is 1. The average molecular weight is 334 g/mol. The van der Waals surface area contributed by atoms with Crippen LogP contribution in [-0.2, 0) is 0 Å². The van der Waals surface area contributed by atoms with Gasteiger partial charge in [-0.25, -0.2) is 4.79 Å². The van der Waals surface area contributed by atoms with Gasteiger partial charge in [0.15, 0.2) is 0 Å². The summed E-state index contributed by atoms with van der Waals surface area (Å²) in [7, 11) is 0. The maximum atomic E-state index is 12.0. The number of hydrogen-bond donors (Lipinski definition) is 2. The second-order valence-corrected chi connectivity index (χ2v) is 5.25. The highest BCUT2D eigenvalue weighted by atomic mass is 35.5. The van der Waals surface area contributed by atoms with Crippen LogP contribution in [0.2, 0.25) is 5.02 Å². The summed E-state index contributed by atoms with van der Waals surface area (Å²) >= 11 is 6.10. The standard InChI is InChI=1S/C17H16ClNO4/c1-11-3-2-4-14(15(11)18)16(20)19-9-10-23-13-7-5-12(6-8-13)17(21)22/h2-8H,9-10H2,1H3,(H,19,20)(H,21,22). The van der Waals surface area contributed by atoms with Crippen molar-refractivity contribution in [2.75, 3.05) is 13.2 Å². The van der Waals surface area contributed by atoms with E-state index in [-0.39, 0.29) is 18.1 Å². The molecule has 0 aliphatic rings. The zero-order valence-corrected chi connectivity index (χ0v) is 13.3. The molecule has 6 heteroatoms. The van der Waals surface area contributed by atoms with E-state index in [0.717, 1.165) is 5.56 Å². The summed E-state index contributed by atoms with van der Waals surface area (Å²) in [4.78, 5) is 22.8. The first-order chi connectivity index (χ1) is 11.0. The van der Waals surface area contributed by atoms with Crippen LogP contribution >= 0.6 is 11.6 Å². The van der Waals surface area contributed by atoms with Gasteiger partial charge in [0.05, 0.1) is 22.7 Å². The van der Waals surface area contributed by atoms with Gasteiger partial charge in [0.1, 0.15) is 12.4 Å². The number of rotatable bonds is 6. The molecule has 0 fully saturated rings. The first kappa shape index (κ1) is 16.8. The van der Waals surface area contributed by atoms with Gasteiger partial charge >= 0.3 is 5.97 Å². The molecule has 2 rings (SSSR count). The lowest BCUT2D eigenvalue weighted by Crippen LogP contribution is -2.28. The van der Waals surface area contributed by atoms with Crippen LogP contribution in [0.3, 0.4) is 0 Å². The predicted octanol–water partition coefficient (Wildman–Crippen LogP) is 3.16. The Bertz CT molecular complexity index is 713. The van der Waals surface area contributed by atoms with Crippen molar-refractivity contribution in [2.45, 2.75) is 6.92 Å². The lowest BCUT2D eigenvalue weighted by Gasteiger charge is -2.09. The van der Waals surface area contributed by atoms with Crippen LogP contribution in [0.4, 0.5) is 0 Å². The number of carboxylic acids is 1. The van der Waals surface area contributed by atoms with E-state index in [4.69, 9.17) is 21.4 Å². The lowest BCUT2D eigenvalue weighted by molar-refractivity contribution is 0.0696. The fraction of sp³-hybridized carbons (Fsp3) is 0.176. The maximum absolute atomic E-state index is 12.0. The van der Waals surface area contributed by atoms with Crippen LogP contribution in [0, 0.1) is 6.92 Å². The molecule has 2 aromatic carbocycles. The van der Waals surface area contributed by atoms with Gasteiger partial charge < -0.3 is 15.2 Å². The minimum atomic E-state index is -0.987. The van der Waals surface area contributed by atoms with Gasteiger partial charge in [-0.2, -0.15) is 0 Å². The third-order valence-electron chi connectivity index (χ3n) is 3.19. The van der Waals surface area contributed by atoms with E-state index in [1.807, 2.05) is 13.0 Å². The highest BCUT2D eigenvalue weighted by Crippen LogP contribution is 2.20. The van der Waals surface area contributed by atoms with E-state index in [1.165, 1.54) is 12.1 Å². The number of nitrogens with one attached hydrogen (secondary N) is 1. The van der Waals surface area contributed by atoms with Gasteiger partial charge in [0.25, 0.3) is 5.91 Å². The molecule has 1 amide bonds. The van der Waals surface area contributed by atoms with E-state index >= 15 is 0 Å². The van der Waals surface area contributed by atoms with E-state index in [1.54, 1.807) is 24.3 Å². The normalized spacial score (nSPS) is 10.2. The summed E-state index contributed by atoms with van der Waals surface area (Å²) in [6, 6.07) is 11.3. The highest BCUT2D eigenvalue weighted by Gasteiger charge is 2.11. The van der Waals surface area contributed by atoms with Crippen LogP contribution < -0.4 is 10.1 Å². The van der Waals surface area contributed by atoms with Gasteiger partial charge in [0, 0.05) is 0 Å². The van der Waals surface area contributed by atoms with Crippen molar-refractivity contribution in [3.8, 4) is 5.75 Å². The SMILES string of the molecule is Cc1cccc(C(=O)NCCOc2ccc(C(=O)O)cc2)c1Cl. The number of carboxylic acid groups (broad SMARTS) is 1. The number of halogens is 1. The Morgan fingerprint density at radius 1 is 1.17 bits per heavy atom. The molecule has 0 aliphatic carbocycles. The molecule has 120 valence electrons. The van der Waals surface area contributed by atoms with Gasteiger partial charge in [-0.15, -0.1) is 0 Å². The van der Waals surface area contributed by atoms with Crippen molar-refractivity contribution >= 4 is 23.5 Å². The Kier molecular flexibility index (Phi) is 5.60. The average Bonchev–Trinajstić information content (AvgIpc) is 2.54. The molecule has 0 aromatic heterocycles. The van der Waals surface area contributed by atoms with Crippen LogP contribution in [0.25, 0.3) is 0 Å². The topological polar surface area (TPSA) is 75.6 Å². The predicted molar refractivity (Wildman–Crippen MR) is 87.4 cm³/mol. The summed E-state index contributed by atoms with van der Waals surface area (Å²) in [5.74, 6) is -0.708. The van der Waals surface area contributed by atoms with Crippen molar-refractivity contribution in [3.05, 3.63) is 64.2 Å². The summed E-state index contributed by atoms with van der Waals surface area (Å²) in [6.07, 6.45) is 0. The second-order valence-electron chi connectivity index (χ2n) is 4.87. The summed E-state index contributed by atoms with van der Waals surface area (Å²) in [5, 5.41) is 12.0. The van der Waals surface area contributed by atoms with Crippen LogP contribution in [-0.4, -0.2) is 30.1 Å². The Labute approximate surface area is 138 Å². The van der Waals surface area contributed by atoms with Crippen LogP contribution in [0.15, 0.2) is 42.5 Å². The lowest BCUT2D eigenvalue weighted by atomic mass is 10.1. The van der Waals surface area contributed by atoms with Crippen molar-refractivity contribution in [1.82, 2.24) is 5.32 Å². The van der Waals surface area contributed by atoms with Crippen molar-refractivity contribution < 1.29 is 19.4 Å². The Hall–Kier alpha value is -2.53. The smallest absolute Gasteiger partial charge is 0.335 e. The minimum absolute atomic E-state index is 0.194. The van der Waals surface area contributed by atoms with Crippen LogP contribution in [0.1, 0.15) is 26.3 Å². The molecule has 0 atom stereocenters. The first-order valence-corrected chi connectivity index (χ1v) is 7.36. The molecule has 0 radical (unpaired) electrons. The van der Waals surface area contributed by atoms with Gasteiger partial charge in [0.2, 0.25) is 0 Å². The third-order valence-corrected chi connectivity index (χ3v) is 3.70. The van der Waals surface area contributed by atoms with Crippen molar-refractivity contribution in [3.63, 3.8) is 0 Å². The molecule has 0 bridgehead atoms. The summed E-state index contributed by atoms with van der Waals surface area (Å²) < 4.78 is 5.44. The molecule has 0 unspecified atom stereocenters. The molecule has 2 N–H and O–H groups in total. The number of carbonyl (C=O) groups excluding carboxylic acids is 1. The second kappa shape index (κ2) is 7.65. The molecule has 0 heterocycles. The Morgan fingerprint density at radius 2 is 1.87 bits per heavy atom. The minimum Gasteiger partial charge on any atom is -0.492 e. The molecule has 2 aromatic rings. The van der Waals surface area contributed by atoms with E-state index in [0.29, 0.717) is 22.9 Å². The monoisotopic (exact) mass is 333 g/mol. The van der Waals surface area contributed by atoms with E-state index < -0.39 is 5.97 Å². The van der Waals surface area contributed by atoms with Crippen LogP contribution in [0.5, 0.6) is 5.75 Å². The number of aromatic carboxylic acids is 1. The molecular formula is C17H16ClNO4. The molecule has 0 saturated carbocycles. The van der Waals surface area contributed by atoms with Crippen molar-refractivity contribution in [2.24, 2.45) is 0 Å². The fourth-order valence-electron chi connectivity index (χ4n) is 1.95. The van der Waals surface area contributed by atoms with Gasteiger partial charge in [-0.3, -0.25) is 4.79 Å². The molecular weight excluding hydrogens is 318 g/mol. The zero-order chi connectivity index (χ0) is 16.8.